The van der Waals surface area contributed by atoms with Crippen LogP contribution in [0.1, 0.15) is 35.3 Å². The van der Waals surface area contributed by atoms with E-state index in [1.165, 1.54) is 35.2 Å². The fraction of sp³-hybridized carbons (Fsp3) is 0.375. The molecule has 4 rings (SSSR count). The number of fused-ring (bicyclic) bond motifs is 1. The van der Waals surface area contributed by atoms with Crippen LogP contribution in [0, 0.1) is 0 Å². The molecule has 0 aliphatic carbocycles. The molecule has 0 saturated carbocycles. The summed E-state index contributed by atoms with van der Waals surface area (Å²) < 4.78 is 1.39. The Kier molecular flexibility index (Phi) is 6.32. The maximum absolute atomic E-state index is 13.0. The van der Waals surface area contributed by atoms with Gasteiger partial charge in [-0.25, -0.2) is 4.68 Å². The summed E-state index contributed by atoms with van der Waals surface area (Å²) >= 11 is 0. The summed E-state index contributed by atoms with van der Waals surface area (Å²) in [4.78, 5) is 29.9. The zero-order valence-electron chi connectivity index (χ0n) is 18.2. The minimum Gasteiger partial charge on any atom is -0.371 e. The molecule has 1 saturated heterocycles. The second-order valence-electron chi connectivity index (χ2n) is 8.11. The zero-order valence-corrected chi connectivity index (χ0v) is 18.2. The van der Waals surface area contributed by atoms with Gasteiger partial charge in [0.05, 0.1) is 12.1 Å². The van der Waals surface area contributed by atoms with E-state index in [9.17, 15) is 9.59 Å². The quantitative estimate of drug-likeness (QED) is 0.665. The third-order valence-electron chi connectivity index (χ3n) is 5.81. The van der Waals surface area contributed by atoms with E-state index >= 15 is 0 Å². The van der Waals surface area contributed by atoms with Crippen molar-refractivity contribution in [3.05, 3.63) is 70.1 Å². The molecule has 0 spiro atoms. The standard InChI is InChI=1S/C24H29N5O2/c1-25-23(30)22-19-11-5-6-12-20(19)24(31)29(26-22)17-27(2)16-18-10-4-7-13-21(18)28-14-8-3-9-15-28/h4-7,10-13H,3,8-9,14-17H2,1-2H3,(H,25,30). The Morgan fingerprint density at radius 2 is 1.71 bits per heavy atom. The molecular weight excluding hydrogens is 390 g/mol. The van der Waals surface area contributed by atoms with Crippen LogP contribution in [0.3, 0.4) is 0 Å². The molecule has 7 heteroatoms. The van der Waals surface area contributed by atoms with Gasteiger partial charge in [-0.2, -0.15) is 5.10 Å². The van der Waals surface area contributed by atoms with Crippen LogP contribution in [0.2, 0.25) is 0 Å². The topological polar surface area (TPSA) is 70.5 Å². The number of aromatic nitrogens is 2. The lowest BCUT2D eigenvalue weighted by molar-refractivity contribution is 0.0956. The molecule has 1 fully saturated rings. The Morgan fingerprint density at radius 3 is 2.45 bits per heavy atom. The monoisotopic (exact) mass is 419 g/mol. The van der Waals surface area contributed by atoms with E-state index < -0.39 is 0 Å². The Balaban J connectivity index is 1.61. The van der Waals surface area contributed by atoms with Crippen LogP contribution in [-0.4, -0.2) is 47.8 Å². The van der Waals surface area contributed by atoms with Crippen LogP contribution in [0.4, 0.5) is 5.69 Å². The highest BCUT2D eigenvalue weighted by atomic mass is 16.2. The molecular formula is C24H29N5O2. The van der Waals surface area contributed by atoms with Gasteiger partial charge in [-0.15, -0.1) is 0 Å². The molecule has 7 nitrogen and oxygen atoms in total. The minimum absolute atomic E-state index is 0.195. The van der Waals surface area contributed by atoms with Crippen LogP contribution in [0.15, 0.2) is 53.3 Å². The summed E-state index contributed by atoms with van der Waals surface area (Å²) in [6.45, 7) is 3.15. The highest BCUT2D eigenvalue weighted by molar-refractivity contribution is 6.04. The molecule has 3 aromatic rings. The van der Waals surface area contributed by atoms with Crippen molar-refractivity contribution in [1.82, 2.24) is 20.0 Å². The molecule has 0 unspecified atom stereocenters. The molecule has 0 radical (unpaired) electrons. The number of anilines is 1. The first-order valence-electron chi connectivity index (χ1n) is 10.8. The number of hydrogen-bond donors (Lipinski definition) is 1. The summed E-state index contributed by atoms with van der Waals surface area (Å²) in [6, 6.07) is 15.6. The highest BCUT2D eigenvalue weighted by Crippen LogP contribution is 2.25. The number of benzene rings is 2. The lowest BCUT2D eigenvalue weighted by Crippen LogP contribution is -2.35. The van der Waals surface area contributed by atoms with Gasteiger partial charge < -0.3 is 10.2 Å². The van der Waals surface area contributed by atoms with Crippen LogP contribution >= 0.6 is 0 Å². The molecule has 1 aromatic heterocycles. The van der Waals surface area contributed by atoms with Crippen molar-refractivity contribution in [2.24, 2.45) is 0 Å². The molecule has 1 amide bonds. The van der Waals surface area contributed by atoms with E-state index in [1.807, 2.05) is 13.1 Å². The number of carbonyl (C=O) groups is 1. The Hall–Kier alpha value is -3.19. The number of amides is 1. The summed E-state index contributed by atoms with van der Waals surface area (Å²) in [5.74, 6) is -0.303. The van der Waals surface area contributed by atoms with Gasteiger partial charge in [0.15, 0.2) is 5.69 Å². The molecule has 1 N–H and O–H groups in total. The van der Waals surface area contributed by atoms with Crippen LogP contribution < -0.4 is 15.8 Å². The lowest BCUT2D eigenvalue weighted by atomic mass is 10.1. The first kappa shape index (κ1) is 21.1. The van der Waals surface area contributed by atoms with E-state index in [1.54, 1.807) is 25.2 Å². The second kappa shape index (κ2) is 9.31. The summed E-state index contributed by atoms with van der Waals surface area (Å²) in [5.41, 5.74) is 2.56. The van der Waals surface area contributed by atoms with Crippen LogP contribution in [-0.2, 0) is 13.2 Å². The van der Waals surface area contributed by atoms with E-state index in [2.05, 4.69) is 44.5 Å². The Morgan fingerprint density at radius 1 is 1.03 bits per heavy atom. The SMILES string of the molecule is CNC(=O)c1nn(CN(C)Cc2ccccc2N2CCCCC2)c(=O)c2ccccc12. The zero-order chi connectivity index (χ0) is 21.8. The smallest absolute Gasteiger partial charge is 0.275 e. The van der Waals surface area contributed by atoms with Gasteiger partial charge in [0.1, 0.15) is 0 Å². The molecule has 2 aromatic carbocycles. The average molecular weight is 420 g/mol. The van der Waals surface area contributed by atoms with Gasteiger partial charge in [-0.3, -0.25) is 14.5 Å². The number of carbonyl (C=O) groups excluding carboxylic acids is 1. The van der Waals surface area contributed by atoms with Crippen molar-refractivity contribution in [2.75, 3.05) is 32.1 Å². The molecule has 2 heterocycles. The third-order valence-corrected chi connectivity index (χ3v) is 5.81. The third kappa shape index (κ3) is 4.46. The fourth-order valence-electron chi connectivity index (χ4n) is 4.27. The van der Waals surface area contributed by atoms with Crippen LogP contribution in [0.25, 0.3) is 10.8 Å². The number of hydrogen-bond acceptors (Lipinski definition) is 5. The molecule has 0 atom stereocenters. The first-order valence-corrected chi connectivity index (χ1v) is 10.8. The molecule has 31 heavy (non-hydrogen) atoms. The van der Waals surface area contributed by atoms with Crippen molar-refractivity contribution in [3.8, 4) is 0 Å². The number of nitrogens with one attached hydrogen (secondary N) is 1. The molecule has 162 valence electrons. The first-order chi connectivity index (χ1) is 15.1. The number of piperidine rings is 1. The van der Waals surface area contributed by atoms with Crippen molar-refractivity contribution < 1.29 is 4.79 Å². The summed E-state index contributed by atoms with van der Waals surface area (Å²) in [6.07, 6.45) is 3.74. The minimum atomic E-state index is -0.303. The van der Waals surface area contributed by atoms with Crippen LogP contribution in [0.5, 0.6) is 0 Å². The predicted octanol–water partition coefficient (Wildman–Crippen LogP) is 2.84. The summed E-state index contributed by atoms with van der Waals surface area (Å²) in [7, 11) is 3.54. The maximum Gasteiger partial charge on any atom is 0.275 e. The van der Waals surface area contributed by atoms with Crippen molar-refractivity contribution >= 4 is 22.4 Å². The van der Waals surface area contributed by atoms with Gasteiger partial charge in [0.25, 0.3) is 11.5 Å². The number of para-hydroxylation sites is 1. The van der Waals surface area contributed by atoms with E-state index in [0.717, 1.165) is 13.1 Å². The van der Waals surface area contributed by atoms with Gasteiger partial charge >= 0.3 is 0 Å². The number of rotatable bonds is 6. The van der Waals surface area contributed by atoms with Gasteiger partial charge in [0.2, 0.25) is 0 Å². The fourth-order valence-corrected chi connectivity index (χ4v) is 4.27. The van der Waals surface area contributed by atoms with E-state index in [-0.39, 0.29) is 17.2 Å². The van der Waals surface area contributed by atoms with Crippen molar-refractivity contribution in [2.45, 2.75) is 32.5 Å². The van der Waals surface area contributed by atoms with Crippen molar-refractivity contribution in [3.63, 3.8) is 0 Å². The normalized spacial score (nSPS) is 14.2. The van der Waals surface area contributed by atoms with Gasteiger partial charge in [-0.1, -0.05) is 36.4 Å². The predicted molar refractivity (Wildman–Crippen MR) is 123 cm³/mol. The largest absolute Gasteiger partial charge is 0.371 e. The lowest BCUT2D eigenvalue weighted by Gasteiger charge is -2.31. The molecule has 1 aliphatic rings. The Labute approximate surface area is 182 Å². The maximum atomic E-state index is 13.0. The molecule has 1 aliphatic heterocycles. The van der Waals surface area contributed by atoms with Crippen molar-refractivity contribution in [1.29, 1.82) is 0 Å². The number of nitrogens with zero attached hydrogens (tertiary/aromatic N) is 4. The van der Waals surface area contributed by atoms with Gasteiger partial charge in [-0.05, 0) is 44.0 Å². The molecule has 0 bridgehead atoms. The van der Waals surface area contributed by atoms with E-state index in [0.29, 0.717) is 24.0 Å². The van der Waals surface area contributed by atoms with E-state index in [4.69, 9.17) is 0 Å². The summed E-state index contributed by atoms with van der Waals surface area (Å²) in [5, 5.41) is 8.10. The second-order valence-corrected chi connectivity index (χ2v) is 8.11. The highest BCUT2D eigenvalue weighted by Gasteiger charge is 2.18. The average Bonchev–Trinajstić information content (AvgIpc) is 2.81. The Bertz CT molecular complexity index is 1130. The van der Waals surface area contributed by atoms with Gasteiger partial charge in [0, 0.05) is 37.8 Å².